The van der Waals surface area contributed by atoms with Gasteiger partial charge in [0.15, 0.2) is 6.61 Å². The van der Waals surface area contributed by atoms with Crippen LogP contribution in [0.25, 0.3) is 0 Å². The van der Waals surface area contributed by atoms with Crippen LogP contribution in [0.1, 0.15) is 24.2 Å². The number of hydrogen-bond donors (Lipinski definition) is 0. The number of carbonyl (C=O) groups is 2. The molecule has 1 amide bonds. The number of hydrogen-bond acceptors (Lipinski definition) is 6. The van der Waals surface area contributed by atoms with Gasteiger partial charge in [0.2, 0.25) is 0 Å². The summed E-state index contributed by atoms with van der Waals surface area (Å²) in [5, 5.41) is 1.14. The molecule has 1 saturated heterocycles. The average Bonchev–Trinajstić information content (AvgIpc) is 2.67. The Kier molecular flexibility index (Phi) is 6.93. The highest BCUT2D eigenvalue weighted by Gasteiger charge is 2.27. The van der Waals surface area contributed by atoms with E-state index in [9.17, 15) is 9.59 Å². The molecule has 1 aliphatic rings. The van der Waals surface area contributed by atoms with Gasteiger partial charge in [-0.15, -0.1) is 0 Å². The van der Waals surface area contributed by atoms with E-state index in [1.807, 2.05) is 26.0 Å². The molecule has 0 N–H and O–H groups in total. The van der Waals surface area contributed by atoms with E-state index >= 15 is 0 Å². The van der Waals surface area contributed by atoms with Gasteiger partial charge >= 0.3 is 5.97 Å². The van der Waals surface area contributed by atoms with E-state index in [0.717, 1.165) is 4.90 Å². The Labute approximate surface area is 173 Å². The number of pyridine rings is 1. The molecule has 0 bridgehead atoms. The lowest BCUT2D eigenvalue weighted by Crippen LogP contribution is -2.49. The van der Waals surface area contributed by atoms with E-state index in [2.05, 4.69) is 4.98 Å². The van der Waals surface area contributed by atoms with Crippen LogP contribution in [0.5, 0.6) is 0 Å². The molecular formula is C20H21ClN2O4S. The minimum atomic E-state index is -0.577. The van der Waals surface area contributed by atoms with E-state index < -0.39 is 5.97 Å². The summed E-state index contributed by atoms with van der Waals surface area (Å²) in [4.78, 5) is 31.8. The van der Waals surface area contributed by atoms with Gasteiger partial charge in [-0.1, -0.05) is 23.4 Å². The first-order chi connectivity index (χ1) is 13.4. The van der Waals surface area contributed by atoms with Gasteiger partial charge in [0.1, 0.15) is 5.03 Å². The molecule has 1 aromatic heterocycles. The number of carbonyl (C=O) groups excluding carboxylic acids is 2. The highest BCUT2D eigenvalue weighted by molar-refractivity contribution is 7.99. The Balaban J connectivity index is 1.63. The second-order valence-corrected chi connectivity index (χ2v) is 8.04. The molecule has 0 unspecified atom stereocenters. The van der Waals surface area contributed by atoms with Crippen LogP contribution in [0.4, 0.5) is 0 Å². The minimum Gasteiger partial charge on any atom is -0.452 e. The van der Waals surface area contributed by atoms with Crippen LogP contribution >= 0.6 is 23.4 Å². The predicted molar refractivity (Wildman–Crippen MR) is 107 cm³/mol. The molecule has 1 fully saturated rings. The van der Waals surface area contributed by atoms with Crippen LogP contribution in [0.15, 0.2) is 52.5 Å². The highest BCUT2D eigenvalue weighted by atomic mass is 35.5. The monoisotopic (exact) mass is 420 g/mol. The standard InChI is InChI=1S/C20H21ClN2O4S/c1-13-10-23(11-14(2)27-13)18(24)12-26-20(25)17-4-3-9-22-19(17)28-16-7-5-15(21)6-8-16/h3-9,13-14H,10-12H2,1-2H3/t13-,14+. The zero-order valence-corrected chi connectivity index (χ0v) is 17.2. The molecule has 0 radical (unpaired) electrons. The Bertz CT molecular complexity index is 836. The van der Waals surface area contributed by atoms with Gasteiger partial charge in [-0.25, -0.2) is 9.78 Å². The maximum atomic E-state index is 12.5. The molecule has 8 heteroatoms. The molecule has 6 nitrogen and oxygen atoms in total. The van der Waals surface area contributed by atoms with Gasteiger partial charge in [0, 0.05) is 29.2 Å². The lowest BCUT2D eigenvalue weighted by molar-refractivity contribution is -0.146. The Morgan fingerprint density at radius 2 is 1.89 bits per heavy atom. The molecule has 148 valence electrons. The number of esters is 1. The molecule has 28 heavy (non-hydrogen) atoms. The summed E-state index contributed by atoms with van der Waals surface area (Å²) in [5.74, 6) is -0.807. The smallest absolute Gasteiger partial charge is 0.341 e. The SMILES string of the molecule is C[C@@H]1CN(C(=O)COC(=O)c2cccnc2Sc2ccc(Cl)cc2)C[C@H](C)O1. The van der Waals surface area contributed by atoms with Crippen LogP contribution in [0, 0.1) is 0 Å². The zero-order valence-electron chi connectivity index (χ0n) is 15.6. The Morgan fingerprint density at radius 1 is 1.21 bits per heavy atom. The third kappa shape index (κ3) is 5.47. The van der Waals surface area contributed by atoms with Crippen LogP contribution in [-0.4, -0.2) is 53.7 Å². The number of ether oxygens (including phenoxy) is 2. The van der Waals surface area contributed by atoms with Crippen molar-refractivity contribution < 1.29 is 19.1 Å². The van der Waals surface area contributed by atoms with Crippen molar-refractivity contribution in [2.75, 3.05) is 19.7 Å². The van der Waals surface area contributed by atoms with Crippen molar-refractivity contribution in [3.8, 4) is 0 Å². The second-order valence-electron chi connectivity index (χ2n) is 6.54. The van der Waals surface area contributed by atoms with E-state index in [1.165, 1.54) is 11.8 Å². The van der Waals surface area contributed by atoms with Crippen molar-refractivity contribution in [2.45, 2.75) is 36.0 Å². The molecule has 1 aromatic carbocycles. The summed E-state index contributed by atoms with van der Waals surface area (Å²) in [7, 11) is 0. The summed E-state index contributed by atoms with van der Waals surface area (Å²) < 4.78 is 10.9. The summed E-state index contributed by atoms with van der Waals surface area (Å²) in [6.07, 6.45) is 1.53. The quantitative estimate of drug-likeness (QED) is 0.687. The van der Waals surface area contributed by atoms with Crippen LogP contribution in [0.3, 0.4) is 0 Å². The number of rotatable bonds is 5. The van der Waals surface area contributed by atoms with Crippen molar-refractivity contribution in [3.05, 3.63) is 53.2 Å². The first kappa shape index (κ1) is 20.6. The maximum absolute atomic E-state index is 12.5. The molecule has 2 aromatic rings. The first-order valence-electron chi connectivity index (χ1n) is 8.91. The molecule has 0 saturated carbocycles. The van der Waals surface area contributed by atoms with Gasteiger partial charge in [-0.3, -0.25) is 4.79 Å². The molecule has 0 spiro atoms. The number of morpholine rings is 1. The van der Waals surface area contributed by atoms with Crippen LogP contribution in [0.2, 0.25) is 5.02 Å². The van der Waals surface area contributed by atoms with Gasteiger partial charge in [-0.2, -0.15) is 0 Å². The van der Waals surface area contributed by atoms with Crippen molar-refractivity contribution >= 4 is 35.2 Å². The Hall–Kier alpha value is -2.09. The van der Waals surface area contributed by atoms with Gasteiger partial charge in [-0.05, 0) is 50.2 Å². The molecule has 3 rings (SSSR count). The number of benzene rings is 1. The average molecular weight is 421 g/mol. The van der Waals surface area contributed by atoms with Gasteiger partial charge < -0.3 is 14.4 Å². The predicted octanol–water partition coefficient (Wildman–Crippen LogP) is 3.68. The summed E-state index contributed by atoms with van der Waals surface area (Å²) in [6.45, 7) is 4.50. The number of aromatic nitrogens is 1. The maximum Gasteiger partial charge on any atom is 0.341 e. The van der Waals surface area contributed by atoms with E-state index in [0.29, 0.717) is 28.7 Å². The first-order valence-corrected chi connectivity index (χ1v) is 10.1. The second kappa shape index (κ2) is 9.41. The highest BCUT2D eigenvalue weighted by Crippen LogP contribution is 2.29. The van der Waals surface area contributed by atoms with Crippen molar-refractivity contribution in [1.29, 1.82) is 0 Å². The Morgan fingerprint density at radius 3 is 2.57 bits per heavy atom. The fourth-order valence-electron chi connectivity index (χ4n) is 2.92. The van der Waals surface area contributed by atoms with E-state index in [1.54, 1.807) is 35.4 Å². The normalized spacial score (nSPS) is 19.3. The van der Waals surface area contributed by atoms with Gasteiger partial charge in [0.25, 0.3) is 5.91 Å². The minimum absolute atomic E-state index is 0.0379. The summed E-state index contributed by atoms with van der Waals surface area (Å²) in [6, 6.07) is 10.5. The molecule has 2 heterocycles. The van der Waals surface area contributed by atoms with E-state index in [-0.39, 0.29) is 24.7 Å². The molecule has 2 atom stereocenters. The largest absolute Gasteiger partial charge is 0.452 e. The third-order valence-electron chi connectivity index (χ3n) is 4.12. The zero-order chi connectivity index (χ0) is 20.1. The summed E-state index contributed by atoms with van der Waals surface area (Å²) in [5.41, 5.74) is 0.318. The fourth-order valence-corrected chi connectivity index (χ4v) is 3.92. The topological polar surface area (TPSA) is 68.7 Å². The lowest BCUT2D eigenvalue weighted by Gasteiger charge is -2.35. The van der Waals surface area contributed by atoms with E-state index in [4.69, 9.17) is 21.1 Å². The van der Waals surface area contributed by atoms with Crippen molar-refractivity contribution in [3.63, 3.8) is 0 Å². The third-order valence-corrected chi connectivity index (χ3v) is 5.40. The molecule has 1 aliphatic heterocycles. The molecule has 0 aliphatic carbocycles. The number of amides is 1. The number of halogens is 1. The van der Waals surface area contributed by atoms with Crippen LogP contribution < -0.4 is 0 Å². The summed E-state index contributed by atoms with van der Waals surface area (Å²) >= 11 is 7.24. The van der Waals surface area contributed by atoms with Crippen molar-refractivity contribution in [1.82, 2.24) is 9.88 Å². The van der Waals surface area contributed by atoms with Crippen molar-refractivity contribution in [2.24, 2.45) is 0 Å². The lowest BCUT2D eigenvalue weighted by atomic mass is 10.2. The van der Waals surface area contributed by atoms with Crippen LogP contribution in [-0.2, 0) is 14.3 Å². The number of nitrogens with zero attached hydrogens (tertiary/aromatic N) is 2. The van der Waals surface area contributed by atoms with Gasteiger partial charge in [0.05, 0.1) is 17.8 Å². The fraction of sp³-hybridized carbons (Fsp3) is 0.350. The molecular weight excluding hydrogens is 400 g/mol.